The summed E-state index contributed by atoms with van der Waals surface area (Å²) in [5.74, 6) is 2.38. The van der Waals surface area contributed by atoms with Crippen LogP contribution >= 0.6 is 35.3 Å². The third-order valence-electron chi connectivity index (χ3n) is 3.80. The first kappa shape index (κ1) is 23.8. The Balaban J connectivity index is 0.00000364. The van der Waals surface area contributed by atoms with Crippen molar-refractivity contribution in [3.05, 3.63) is 34.1 Å². The second-order valence-corrected chi connectivity index (χ2v) is 7.63. The summed E-state index contributed by atoms with van der Waals surface area (Å²) in [4.78, 5) is 9.80. The molecule has 0 aliphatic carbocycles. The molecule has 7 nitrogen and oxygen atoms in total. The molecule has 0 bridgehead atoms. The molecular weight excluding hydrogens is 477 g/mol. The molecule has 0 saturated carbocycles. The van der Waals surface area contributed by atoms with Gasteiger partial charge in [0, 0.05) is 30.3 Å². The van der Waals surface area contributed by atoms with Crippen LogP contribution in [0.15, 0.2) is 27.0 Å². The van der Waals surface area contributed by atoms with Crippen LogP contribution in [0.1, 0.15) is 56.6 Å². The van der Waals surface area contributed by atoms with Gasteiger partial charge in [0.2, 0.25) is 5.89 Å². The highest BCUT2D eigenvalue weighted by Gasteiger charge is 2.23. The first-order valence-electron chi connectivity index (χ1n) is 9.03. The van der Waals surface area contributed by atoms with Crippen LogP contribution in [0.25, 0.3) is 0 Å². The van der Waals surface area contributed by atoms with Gasteiger partial charge in [0.15, 0.2) is 11.8 Å². The summed E-state index contributed by atoms with van der Waals surface area (Å²) in [7, 11) is 0. The molecule has 2 aromatic heterocycles. The van der Waals surface area contributed by atoms with E-state index in [2.05, 4.69) is 25.8 Å². The zero-order valence-electron chi connectivity index (χ0n) is 16.4. The van der Waals surface area contributed by atoms with Crippen molar-refractivity contribution in [2.75, 3.05) is 19.6 Å². The normalized spacial score (nSPS) is 13.9. The van der Waals surface area contributed by atoms with Crippen molar-refractivity contribution >= 4 is 41.3 Å². The van der Waals surface area contributed by atoms with Gasteiger partial charge in [-0.05, 0) is 31.7 Å². The topological polar surface area (TPSA) is 95.6 Å². The highest BCUT2D eigenvalue weighted by Crippen LogP contribution is 2.25. The lowest BCUT2D eigenvalue weighted by Gasteiger charge is -2.20. The number of nitrogens with one attached hydrogen (secondary N) is 2. The van der Waals surface area contributed by atoms with Gasteiger partial charge in [-0.25, -0.2) is 4.99 Å². The molecule has 2 heterocycles. The summed E-state index contributed by atoms with van der Waals surface area (Å²) < 4.78 is 5.25. The van der Waals surface area contributed by atoms with E-state index >= 15 is 0 Å². The minimum atomic E-state index is -0.965. The van der Waals surface area contributed by atoms with Crippen LogP contribution in [0.2, 0.25) is 0 Å². The van der Waals surface area contributed by atoms with Crippen molar-refractivity contribution in [2.24, 2.45) is 4.99 Å². The Kier molecular flexibility index (Phi) is 10.2. The maximum Gasteiger partial charge on any atom is 0.226 e. The Labute approximate surface area is 182 Å². The van der Waals surface area contributed by atoms with Crippen LogP contribution in [-0.2, 0) is 12.0 Å². The van der Waals surface area contributed by atoms with E-state index in [1.165, 1.54) is 11.3 Å². The molecule has 0 radical (unpaired) electrons. The molecule has 0 amide bonds. The van der Waals surface area contributed by atoms with Gasteiger partial charge in [-0.3, -0.25) is 0 Å². The molecule has 0 saturated heterocycles. The van der Waals surface area contributed by atoms with Crippen molar-refractivity contribution in [2.45, 2.75) is 52.1 Å². The lowest BCUT2D eigenvalue weighted by Crippen LogP contribution is -2.39. The maximum absolute atomic E-state index is 10.6. The second-order valence-electron chi connectivity index (χ2n) is 6.68. The van der Waals surface area contributed by atoms with Crippen LogP contribution < -0.4 is 10.6 Å². The van der Waals surface area contributed by atoms with E-state index in [4.69, 9.17) is 4.52 Å². The lowest BCUT2D eigenvalue weighted by atomic mass is 10.1. The summed E-state index contributed by atoms with van der Waals surface area (Å²) in [5, 5.41) is 23.0. The van der Waals surface area contributed by atoms with E-state index in [-0.39, 0.29) is 29.9 Å². The number of aliphatic imine (C=N–C) groups is 1. The van der Waals surface area contributed by atoms with Crippen molar-refractivity contribution in [1.82, 2.24) is 20.8 Å². The van der Waals surface area contributed by atoms with E-state index in [1.54, 1.807) is 6.92 Å². The first-order valence-corrected chi connectivity index (χ1v) is 9.91. The van der Waals surface area contributed by atoms with Gasteiger partial charge in [0.1, 0.15) is 5.60 Å². The van der Waals surface area contributed by atoms with Gasteiger partial charge in [-0.1, -0.05) is 25.1 Å². The number of rotatable bonds is 9. The predicted octanol–water partition coefficient (Wildman–Crippen LogP) is 3.27. The Bertz CT molecular complexity index is 686. The van der Waals surface area contributed by atoms with E-state index < -0.39 is 5.60 Å². The average Bonchev–Trinajstić information content (AvgIpc) is 3.28. The maximum atomic E-state index is 10.6. The Morgan fingerprint density at radius 2 is 2.19 bits per heavy atom. The molecule has 152 valence electrons. The number of halogens is 1. The Hall–Kier alpha value is -1.20. The molecule has 3 N–H and O–H groups in total. The van der Waals surface area contributed by atoms with Gasteiger partial charge < -0.3 is 20.3 Å². The van der Waals surface area contributed by atoms with E-state index in [9.17, 15) is 5.11 Å². The minimum Gasteiger partial charge on any atom is -0.383 e. The van der Waals surface area contributed by atoms with Gasteiger partial charge in [0.05, 0.1) is 6.54 Å². The summed E-state index contributed by atoms with van der Waals surface area (Å²) in [5.41, 5.74) is -0.965. The van der Waals surface area contributed by atoms with Gasteiger partial charge >= 0.3 is 0 Å². The van der Waals surface area contributed by atoms with Crippen molar-refractivity contribution < 1.29 is 9.63 Å². The standard InChI is InChI=1S/C18H29N5O2S.HI/c1-5-19-17(21-12-18(4,24)14-8-7-11-26-14)20-10-6-9-15-22-16(13(2)3)23-25-15;/h7-8,11,13,24H,5-6,9-10,12H2,1-4H3,(H2,19,20,21);1H. The molecule has 1 atom stereocenters. The second kappa shape index (κ2) is 11.6. The molecule has 2 aromatic rings. The molecule has 0 spiro atoms. The third-order valence-corrected chi connectivity index (χ3v) is 4.92. The molecule has 0 aromatic carbocycles. The van der Waals surface area contributed by atoms with Crippen LogP contribution in [0.4, 0.5) is 0 Å². The monoisotopic (exact) mass is 507 g/mol. The van der Waals surface area contributed by atoms with Crippen molar-refractivity contribution in [3.63, 3.8) is 0 Å². The van der Waals surface area contributed by atoms with Crippen LogP contribution in [0, 0.1) is 0 Å². The summed E-state index contributed by atoms with van der Waals surface area (Å²) >= 11 is 1.53. The molecule has 2 rings (SSSR count). The quantitative estimate of drug-likeness (QED) is 0.209. The summed E-state index contributed by atoms with van der Waals surface area (Å²) in [6.45, 7) is 9.67. The molecule has 27 heavy (non-hydrogen) atoms. The highest BCUT2D eigenvalue weighted by molar-refractivity contribution is 14.0. The highest BCUT2D eigenvalue weighted by atomic mass is 127. The fraction of sp³-hybridized carbons (Fsp3) is 0.611. The number of hydrogen-bond acceptors (Lipinski definition) is 6. The predicted molar refractivity (Wildman–Crippen MR) is 120 cm³/mol. The van der Waals surface area contributed by atoms with E-state index in [0.29, 0.717) is 18.4 Å². The molecule has 0 aliphatic heterocycles. The largest absolute Gasteiger partial charge is 0.383 e. The molecule has 9 heteroatoms. The third kappa shape index (κ3) is 7.74. The molecule has 0 fully saturated rings. The van der Waals surface area contributed by atoms with Crippen molar-refractivity contribution in [1.29, 1.82) is 0 Å². The van der Waals surface area contributed by atoms with Gasteiger partial charge in [-0.2, -0.15) is 4.98 Å². The fourth-order valence-corrected chi connectivity index (χ4v) is 3.07. The summed E-state index contributed by atoms with van der Waals surface area (Å²) in [6, 6.07) is 3.86. The molecule has 0 aliphatic rings. The fourth-order valence-electron chi connectivity index (χ4n) is 2.29. The SMILES string of the molecule is CCNC(=NCC(C)(O)c1cccs1)NCCCc1nc(C(C)C)no1.I. The Morgan fingerprint density at radius 1 is 1.41 bits per heavy atom. The van der Waals surface area contributed by atoms with Crippen LogP contribution in [0.5, 0.6) is 0 Å². The van der Waals surface area contributed by atoms with Crippen molar-refractivity contribution in [3.8, 4) is 0 Å². The summed E-state index contributed by atoms with van der Waals surface area (Å²) in [6.07, 6.45) is 1.57. The number of thiophene rings is 1. The Morgan fingerprint density at radius 3 is 2.78 bits per heavy atom. The number of aromatic nitrogens is 2. The number of guanidine groups is 1. The number of aliphatic hydroxyl groups is 1. The minimum absolute atomic E-state index is 0. The van der Waals surface area contributed by atoms with E-state index in [0.717, 1.165) is 36.6 Å². The average molecular weight is 507 g/mol. The number of nitrogens with zero attached hydrogens (tertiary/aromatic N) is 3. The molecule has 1 unspecified atom stereocenters. The first-order chi connectivity index (χ1) is 12.4. The number of aryl methyl sites for hydroxylation is 1. The smallest absolute Gasteiger partial charge is 0.226 e. The van der Waals surface area contributed by atoms with Crippen LogP contribution in [0.3, 0.4) is 0 Å². The zero-order chi connectivity index (χ0) is 19.0. The lowest BCUT2D eigenvalue weighted by molar-refractivity contribution is 0.0711. The number of hydrogen-bond donors (Lipinski definition) is 3. The van der Waals surface area contributed by atoms with E-state index in [1.807, 2.05) is 38.3 Å². The molecular formula is C18H30IN5O2S. The van der Waals surface area contributed by atoms with Crippen LogP contribution in [-0.4, -0.2) is 40.8 Å². The van der Waals surface area contributed by atoms with Gasteiger partial charge in [0.25, 0.3) is 0 Å². The zero-order valence-corrected chi connectivity index (χ0v) is 19.5. The van der Waals surface area contributed by atoms with Gasteiger partial charge in [-0.15, -0.1) is 35.3 Å².